The molecule has 2 N–H and O–H groups in total. The fourth-order valence-electron chi connectivity index (χ4n) is 1.34. The molecule has 92 valence electrons. The number of furan rings is 1. The number of terminal acetylenes is 1. The fraction of sp³-hybridized carbons (Fsp3) is 0.462. The Hall–Kier alpha value is -1.73. The lowest BCUT2D eigenvalue weighted by atomic mass is 10.2. The summed E-state index contributed by atoms with van der Waals surface area (Å²) in [5.74, 6) is 3.27. The molecule has 0 saturated heterocycles. The maximum atomic E-state index is 11.6. The van der Waals surface area contributed by atoms with Gasteiger partial charge in [0, 0.05) is 6.42 Å². The first-order chi connectivity index (χ1) is 8.24. The van der Waals surface area contributed by atoms with E-state index in [2.05, 4.69) is 16.6 Å². The summed E-state index contributed by atoms with van der Waals surface area (Å²) in [5, 5.41) is 5.90. The van der Waals surface area contributed by atoms with Crippen LogP contribution in [0, 0.1) is 12.3 Å². The van der Waals surface area contributed by atoms with Gasteiger partial charge in [-0.15, -0.1) is 12.3 Å². The van der Waals surface area contributed by atoms with Gasteiger partial charge in [0.15, 0.2) is 0 Å². The highest BCUT2D eigenvalue weighted by atomic mass is 16.3. The largest absolute Gasteiger partial charge is 0.467 e. The van der Waals surface area contributed by atoms with Crippen LogP contribution in [0.4, 0.5) is 0 Å². The lowest BCUT2D eigenvalue weighted by Crippen LogP contribution is -2.42. The minimum Gasteiger partial charge on any atom is -0.467 e. The average molecular weight is 234 g/mol. The Morgan fingerprint density at radius 1 is 1.65 bits per heavy atom. The third-order valence-corrected chi connectivity index (χ3v) is 2.36. The van der Waals surface area contributed by atoms with E-state index in [1.54, 1.807) is 12.3 Å². The quantitative estimate of drug-likeness (QED) is 0.552. The maximum Gasteiger partial charge on any atom is 0.237 e. The Bertz CT molecular complexity index is 365. The highest BCUT2D eigenvalue weighted by molar-refractivity contribution is 5.81. The van der Waals surface area contributed by atoms with E-state index in [1.807, 2.05) is 13.0 Å². The van der Waals surface area contributed by atoms with Crippen LogP contribution in [0.25, 0.3) is 0 Å². The molecule has 1 atom stereocenters. The summed E-state index contributed by atoms with van der Waals surface area (Å²) < 4.78 is 5.12. The van der Waals surface area contributed by atoms with Crippen molar-refractivity contribution in [3.8, 4) is 12.3 Å². The minimum atomic E-state index is -0.220. The van der Waals surface area contributed by atoms with Gasteiger partial charge in [-0.25, -0.2) is 0 Å². The molecule has 4 heteroatoms. The van der Waals surface area contributed by atoms with E-state index < -0.39 is 0 Å². The van der Waals surface area contributed by atoms with Crippen LogP contribution in [0.5, 0.6) is 0 Å². The van der Waals surface area contributed by atoms with E-state index in [0.717, 1.165) is 25.1 Å². The zero-order chi connectivity index (χ0) is 12.5. The average Bonchev–Trinajstić information content (AvgIpc) is 2.84. The Kier molecular flexibility index (Phi) is 5.91. The van der Waals surface area contributed by atoms with Crippen molar-refractivity contribution in [2.45, 2.75) is 32.4 Å². The second-order valence-electron chi connectivity index (χ2n) is 3.78. The number of nitrogens with one attached hydrogen (secondary N) is 2. The summed E-state index contributed by atoms with van der Waals surface area (Å²) in [6.07, 6.45) is 8.34. The first-order valence-electron chi connectivity index (χ1n) is 5.71. The smallest absolute Gasteiger partial charge is 0.237 e. The van der Waals surface area contributed by atoms with Crippen molar-refractivity contribution >= 4 is 5.91 Å². The van der Waals surface area contributed by atoms with Crippen LogP contribution in [-0.2, 0) is 11.3 Å². The fourth-order valence-corrected chi connectivity index (χ4v) is 1.34. The summed E-state index contributed by atoms with van der Waals surface area (Å²) in [5.41, 5.74) is 0. The summed E-state index contributed by atoms with van der Waals surface area (Å²) in [6.45, 7) is 3.00. The molecule has 4 nitrogen and oxygen atoms in total. The number of rotatable bonds is 7. The lowest BCUT2D eigenvalue weighted by molar-refractivity contribution is -0.123. The molecular weight excluding hydrogens is 216 g/mol. The van der Waals surface area contributed by atoms with Crippen molar-refractivity contribution in [1.29, 1.82) is 0 Å². The molecule has 1 amide bonds. The molecule has 1 rings (SSSR count). The zero-order valence-corrected chi connectivity index (χ0v) is 10.0. The molecule has 0 radical (unpaired) electrons. The summed E-state index contributed by atoms with van der Waals surface area (Å²) in [4.78, 5) is 11.6. The number of carbonyl (C=O) groups excluding carboxylic acids is 1. The van der Waals surface area contributed by atoms with Crippen LogP contribution in [-0.4, -0.2) is 18.5 Å². The van der Waals surface area contributed by atoms with Crippen molar-refractivity contribution in [3.05, 3.63) is 24.2 Å². The monoisotopic (exact) mass is 234 g/mol. The van der Waals surface area contributed by atoms with Crippen molar-refractivity contribution in [3.63, 3.8) is 0 Å². The van der Waals surface area contributed by atoms with Gasteiger partial charge >= 0.3 is 0 Å². The predicted octanol–water partition coefficient (Wildman–Crippen LogP) is 1.29. The van der Waals surface area contributed by atoms with Gasteiger partial charge in [-0.1, -0.05) is 0 Å². The van der Waals surface area contributed by atoms with Gasteiger partial charge in [0.05, 0.1) is 18.8 Å². The van der Waals surface area contributed by atoms with Gasteiger partial charge in [0.25, 0.3) is 0 Å². The van der Waals surface area contributed by atoms with Crippen LogP contribution in [0.1, 0.15) is 25.5 Å². The van der Waals surface area contributed by atoms with Crippen LogP contribution >= 0.6 is 0 Å². The van der Waals surface area contributed by atoms with Crippen molar-refractivity contribution in [1.82, 2.24) is 10.6 Å². The Labute approximate surface area is 102 Å². The van der Waals surface area contributed by atoms with Gasteiger partial charge < -0.3 is 15.1 Å². The van der Waals surface area contributed by atoms with E-state index >= 15 is 0 Å². The topological polar surface area (TPSA) is 54.3 Å². The highest BCUT2D eigenvalue weighted by Gasteiger charge is 2.11. The van der Waals surface area contributed by atoms with Crippen LogP contribution in [0.2, 0.25) is 0 Å². The molecule has 0 fully saturated rings. The Morgan fingerprint density at radius 2 is 2.47 bits per heavy atom. The summed E-state index contributed by atoms with van der Waals surface area (Å²) in [6, 6.07) is 3.40. The second kappa shape index (κ2) is 7.53. The van der Waals surface area contributed by atoms with Crippen LogP contribution < -0.4 is 10.6 Å². The third-order valence-electron chi connectivity index (χ3n) is 2.36. The third kappa shape index (κ3) is 5.23. The normalized spacial score (nSPS) is 11.8. The zero-order valence-electron chi connectivity index (χ0n) is 10.0. The highest BCUT2D eigenvalue weighted by Crippen LogP contribution is 1.98. The summed E-state index contributed by atoms with van der Waals surface area (Å²) >= 11 is 0. The lowest BCUT2D eigenvalue weighted by Gasteiger charge is -2.12. The SMILES string of the molecule is C#CCCCNC(C)C(=O)NCc1ccco1. The predicted molar refractivity (Wildman–Crippen MR) is 66.1 cm³/mol. The van der Waals surface area contributed by atoms with E-state index in [1.165, 1.54) is 0 Å². The molecule has 0 saturated carbocycles. The van der Waals surface area contributed by atoms with Gasteiger partial charge in [-0.05, 0) is 32.0 Å². The van der Waals surface area contributed by atoms with Gasteiger partial charge in [-0.3, -0.25) is 4.79 Å². The molecule has 0 aliphatic heterocycles. The van der Waals surface area contributed by atoms with Crippen LogP contribution in [0.3, 0.4) is 0 Å². The number of hydrogen-bond donors (Lipinski definition) is 2. The molecule has 1 unspecified atom stereocenters. The molecule has 1 heterocycles. The van der Waals surface area contributed by atoms with Gasteiger partial charge in [-0.2, -0.15) is 0 Å². The van der Waals surface area contributed by atoms with Crippen molar-refractivity contribution < 1.29 is 9.21 Å². The summed E-state index contributed by atoms with van der Waals surface area (Å²) in [7, 11) is 0. The number of hydrogen-bond acceptors (Lipinski definition) is 3. The van der Waals surface area contributed by atoms with Crippen molar-refractivity contribution in [2.24, 2.45) is 0 Å². The molecule has 1 aromatic rings. The second-order valence-corrected chi connectivity index (χ2v) is 3.78. The first-order valence-corrected chi connectivity index (χ1v) is 5.71. The molecule has 0 aromatic carbocycles. The Morgan fingerprint density at radius 3 is 3.12 bits per heavy atom. The molecule has 0 bridgehead atoms. The van der Waals surface area contributed by atoms with Gasteiger partial charge in [0.2, 0.25) is 5.91 Å². The van der Waals surface area contributed by atoms with E-state index in [9.17, 15) is 4.79 Å². The molecule has 1 aromatic heterocycles. The minimum absolute atomic E-state index is 0.0397. The maximum absolute atomic E-state index is 11.6. The van der Waals surface area contributed by atoms with E-state index in [4.69, 9.17) is 10.8 Å². The molecule has 17 heavy (non-hydrogen) atoms. The molecule has 0 aliphatic rings. The molecule has 0 spiro atoms. The van der Waals surface area contributed by atoms with E-state index in [0.29, 0.717) is 6.54 Å². The molecule has 0 aliphatic carbocycles. The van der Waals surface area contributed by atoms with Crippen LogP contribution in [0.15, 0.2) is 22.8 Å². The number of amides is 1. The first kappa shape index (κ1) is 13.3. The van der Waals surface area contributed by atoms with E-state index in [-0.39, 0.29) is 11.9 Å². The number of carbonyl (C=O) groups is 1. The Balaban J connectivity index is 2.16. The van der Waals surface area contributed by atoms with Gasteiger partial charge in [0.1, 0.15) is 5.76 Å². The number of unbranched alkanes of at least 4 members (excludes halogenated alkanes) is 1. The standard InChI is InChI=1S/C13H18N2O2/c1-3-4-5-8-14-11(2)13(16)15-10-12-7-6-9-17-12/h1,6-7,9,11,14H,4-5,8,10H2,2H3,(H,15,16). The van der Waals surface area contributed by atoms with Crippen molar-refractivity contribution in [2.75, 3.05) is 6.54 Å². The molecular formula is C13H18N2O2.